The minimum atomic E-state index is 0.00602. The maximum Gasteiger partial charge on any atom is 0.146 e. The smallest absolute Gasteiger partial charge is 0.146 e. The molecule has 0 bridgehead atoms. The van der Waals surface area contributed by atoms with Gasteiger partial charge in [-0.25, -0.2) is 0 Å². The first-order valence-electron chi connectivity index (χ1n) is 5.62. The second-order valence-corrected chi connectivity index (χ2v) is 4.43. The van der Waals surface area contributed by atoms with Crippen LogP contribution in [-0.4, -0.2) is 12.4 Å². The Balaban J connectivity index is 1.86. The molecule has 1 atom stereocenters. The Morgan fingerprint density at radius 1 is 1.27 bits per heavy atom. The van der Waals surface area contributed by atoms with E-state index in [1.165, 1.54) is 6.42 Å². The van der Waals surface area contributed by atoms with Gasteiger partial charge in [-0.3, -0.25) is 4.79 Å². The van der Waals surface area contributed by atoms with Crippen molar-refractivity contribution < 1.29 is 9.53 Å². The van der Waals surface area contributed by atoms with Gasteiger partial charge in [-0.15, -0.1) is 0 Å². The molecule has 1 saturated carbocycles. The van der Waals surface area contributed by atoms with E-state index in [1.807, 2.05) is 24.3 Å². The zero-order chi connectivity index (χ0) is 10.3. The quantitative estimate of drug-likeness (QED) is 0.736. The summed E-state index contributed by atoms with van der Waals surface area (Å²) >= 11 is 0. The number of ether oxygens (including phenoxy) is 1. The van der Waals surface area contributed by atoms with E-state index in [0.29, 0.717) is 18.3 Å². The largest absolute Gasteiger partial charge is 0.492 e. The van der Waals surface area contributed by atoms with Crippen LogP contribution in [0.15, 0.2) is 24.3 Å². The molecule has 78 valence electrons. The average molecular weight is 202 g/mol. The molecule has 1 aromatic rings. The number of carbonyl (C=O) groups excluding carboxylic acids is 1. The SMILES string of the molecule is O=C(C1CCC1)C1COc2ccccc21. The maximum absolute atomic E-state index is 12.1. The van der Waals surface area contributed by atoms with Crippen LogP contribution < -0.4 is 4.74 Å². The van der Waals surface area contributed by atoms with Gasteiger partial charge in [-0.05, 0) is 18.9 Å². The average Bonchev–Trinajstić information content (AvgIpc) is 2.58. The monoisotopic (exact) mass is 202 g/mol. The van der Waals surface area contributed by atoms with E-state index < -0.39 is 0 Å². The molecule has 2 aliphatic rings. The van der Waals surface area contributed by atoms with Crippen LogP contribution in [0.2, 0.25) is 0 Å². The number of rotatable bonds is 2. The molecule has 1 aliphatic carbocycles. The number of Topliss-reactive ketones (excluding diaryl/α,β-unsaturated/α-hetero) is 1. The molecule has 0 spiro atoms. The first kappa shape index (κ1) is 8.96. The molecule has 1 heterocycles. The molecule has 15 heavy (non-hydrogen) atoms. The van der Waals surface area contributed by atoms with E-state index >= 15 is 0 Å². The van der Waals surface area contributed by atoms with Gasteiger partial charge in [-0.2, -0.15) is 0 Å². The Morgan fingerprint density at radius 2 is 2.07 bits per heavy atom. The van der Waals surface area contributed by atoms with E-state index in [2.05, 4.69) is 0 Å². The molecule has 2 nitrogen and oxygen atoms in total. The van der Waals surface area contributed by atoms with Crippen molar-refractivity contribution in [1.82, 2.24) is 0 Å². The topological polar surface area (TPSA) is 26.3 Å². The third kappa shape index (κ3) is 1.36. The van der Waals surface area contributed by atoms with Gasteiger partial charge < -0.3 is 4.74 Å². The molecule has 3 rings (SSSR count). The fraction of sp³-hybridized carbons (Fsp3) is 0.462. The summed E-state index contributed by atoms with van der Waals surface area (Å²) in [5, 5.41) is 0. The lowest BCUT2D eigenvalue weighted by molar-refractivity contribution is -0.126. The zero-order valence-electron chi connectivity index (χ0n) is 8.61. The number of hydrogen-bond acceptors (Lipinski definition) is 2. The van der Waals surface area contributed by atoms with Gasteiger partial charge in [0, 0.05) is 11.5 Å². The van der Waals surface area contributed by atoms with Crippen LogP contribution in [0.4, 0.5) is 0 Å². The second-order valence-electron chi connectivity index (χ2n) is 4.43. The Morgan fingerprint density at radius 3 is 2.80 bits per heavy atom. The molecule has 1 fully saturated rings. The van der Waals surface area contributed by atoms with Crippen molar-refractivity contribution in [2.45, 2.75) is 25.2 Å². The number of carbonyl (C=O) groups is 1. The highest BCUT2D eigenvalue weighted by Gasteiger charge is 2.36. The molecular formula is C13H14O2. The van der Waals surface area contributed by atoms with Gasteiger partial charge in [0.1, 0.15) is 18.1 Å². The van der Waals surface area contributed by atoms with Crippen LogP contribution in [0.25, 0.3) is 0 Å². The molecule has 0 N–H and O–H groups in total. The lowest BCUT2D eigenvalue weighted by Crippen LogP contribution is -2.28. The van der Waals surface area contributed by atoms with Crippen molar-refractivity contribution in [3.8, 4) is 5.75 Å². The van der Waals surface area contributed by atoms with Gasteiger partial charge >= 0.3 is 0 Å². The van der Waals surface area contributed by atoms with E-state index in [4.69, 9.17) is 4.74 Å². The van der Waals surface area contributed by atoms with Gasteiger partial charge in [0.25, 0.3) is 0 Å². The van der Waals surface area contributed by atoms with E-state index in [9.17, 15) is 4.79 Å². The highest BCUT2D eigenvalue weighted by atomic mass is 16.5. The van der Waals surface area contributed by atoms with Crippen molar-refractivity contribution in [2.24, 2.45) is 5.92 Å². The molecule has 1 aromatic carbocycles. The molecule has 1 unspecified atom stereocenters. The Hall–Kier alpha value is -1.31. The molecule has 0 saturated heterocycles. The third-order valence-corrected chi connectivity index (χ3v) is 3.55. The van der Waals surface area contributed by atoms with Crippen LogP contribution >= 0.6 is 0 Å². The Bertz CT molecular complexity index is 393. The summed E-state index contributed by atoms with van der Waals surface area (Å²) in [7, 11) is 0. The predicted molar refractivity (Wildman–Crippen MR) is 57.0 cm³/mol. The fourth-order valence-electron chi connectivity index (χ4n) is 2.38. The predicted octanol–water partition coefficient (Wildman–Crippen LogP) is 2.53. The summed E-state index contributed by atoms with van der Waals surface area (Å²) in [4.78, 5) is 12.1. The summed E-state index contributed by atoms with van der Waals surface area (Å²) < 4.78 is 5.53. The summed E-state index contributed by atoms with van der Waals surface area (Å²) in [6.45, 7) is 0.550. The first-order chi connectivity index (χ1) is 7.36. The second kappa shape index (κ2) is 3.37. The number of hydrogen-bond donors (Lipinski definition) is 0. The van der Waals surface area contributed by atoms with Crippen LogP contribution in [-0.2, 0) is 4.79 Å². The van der Waals surface area contributed by atoms with Crippen molar-refractivity contribution in [2.75, 3.05) is 6.61 Å². The summed E-state index contributed by atoms with van der Waals surface area (Å²) in [5.74, 6) is 1.61. The molecule has 0 radical (unpaired) electrons. The van der Waals surface area contributed by atoms with Crippen LogP contribution in [0.1, 0.15) is 30.7 Å². The molecule has 0 amide bonds. The molecule has 2 heteroatoms. The zero-order valence-corrected chi connectivity index (χ0v) is 8.61. The van der Waals surface area contributed by atoms with E-state index in [0.717, 1.165) is 24.2 Å². The Kier molecular flexibility index (Phi) is 2.01. The van der Waals surface area contributed by atoms with Crippen molar-refractivity contribution >= 4 is 5.78 Å². The molecule has 0 aromatic heterocycles. The fourth-order valence-corrected chi connectivity index (χ4v) is 2.38. The lowest BCUT2D eigenvalue weighted by atomic mass is 9.76. The third-order valence-electron chi connectivity index (χ3n) is 3.55. The molecule has 1 aliphatic heterocycles. The Labute approximate surface area is 89.2 Å². The van der Waals surface area contributed by atoms with Gasteiger partial charge in [0.15, 0.2) is 0 Å². The van der Waals surface area contributed by atoms with Crippen molar-refractivity contribution in [3.63, 3.8) is 0 Å². The number of fused-ring (bicyclic) bond motifs is 1. The highest BCUT2D eigenvalue weighted by Crippen LogP contribution is 2.39. The normalized spacial score (nSPS) is 24.1. The van der Waals surface area contributed by atoms with Gasteiger partial charge in [0.05, 0.1) is 5.92 Å². The van der Waals surface area contributed by atoms with Crippen LogP contribution in [0, 0.1) is 5.92 Å². The van der Waals surface area contributed by atoms with E-state index in [-0.39, 0.29) is 5.92 Å². The maximum atomic E-state index is 12.1. The van der Waals surface area contributed by atoms with E-state index in [1.54, 1.807) is 0 Å². The standard InChI is InChI=1S/C13H14O2/c14-13(9-4-3-5-9)11-8-15-12-7-2-1-6-10(11)12/h1-2,6-7,9,11H,3-5,8H2. The minimum Gasteiger partial charge on any atom is -0.492 e. The summed E-state index contributed by atoms with van der Waals surface area (Å²) in [6, 6.07) is 7.90. The minimum absolute atomic E-state index is 0.00602. The van der Waals surface area contributed by atoms with Gasteiger partial charge in [-0.1, -0.05) is 24.6 Å². The summed E-state index contributed by atoms with van der Waals surface area (Å²) in [5.41, 5.74) is 1.09. The number of para-hydroxylation sites is 1. The van der Waals surface area contributed by atoms with Gasteiger partial charge in [0.2, 0.25) is 0 Å². The number of benzene rings is 1. The molecular weight excluding hydrogens is 188 g/mol. The van der Waals surface area contributed by atoms with Crippen LogP contribution in [0.5, 0.6) is 5.75 Å². The first-order valence-corrected chi connectivity index (χ1v) is 5.62. The summed E-state index contributed by atoms with van der Waals surface area (Å²) in [6.07, 6.45) is 3.38. The van der Waals surface area contributed by atoms with Crippen molar-refractivity contribution in [1.29, 1.82) is 0 Å². The highest BCUT2D eigenvalue weighted by molar-refractivity contribution is 5.89. The van der Waals surface area contributed by atoms with Crippen LogP contribution in [0.3, 0.4) is 0 Å². The van der Waals surface area contributed by atoms with Crippen molar-refractivity contribution in [3.05, 3.63) is 29.8 Å². The number of ketones is 1. The lowest BCUT2D eigenvalue weighted by Gasteiger charge is -2.26.